The smallest absolute Gasteiger partial charge is 0.270 e. The first-order valence-corrected chi connectivity index (χ1v) is 10.3. The Hall–Kier alpha value is -3.26. The largest absolute Gasteiger partial charge is 0.360 e. The molecule has 0 radical (unpaired) electrons. The van der Waals surface area contributed by atoms with Crippen molar-refractivity contribution in [2.45, 2.75) is 38.3 Å². The van der Waals surface area contributed by atoms with E-state index in [1.54, 1.807) is 12.4 Å². The fraction of sp³-hybridized carbons (Fsp3) is 0.286. The summed E-state index contributed by atoms with van der Waals surface area (Å²) in [5.41, 5.74) is 2.36. The van der Waals surface area contributed by atoms with Gasteiger partial charge in [0.2, 0.25) is 0 Å². The Kier molecular flexibility index (Phi) is 4.71. The van der Waals surface area contributed by atoms with Gasteiger partial charge in [-0.25, -0.2) is 19.9 Å². The summed E-state index contributed by atoms with van der Waals surface area (Å²) in [6.07, 6.45) is 6.20. The first-order valence-electron chi connectivity index (χ1n) is 9.91. The quantitative estimate of drug-likeness (QED) is 0.449. The van der Waals surface area contributed by atoms with Gasteiger partial charge in [-0.3, -0.25) is 4.79 Å². The van der Waals surface area contributed by atoms with Crippen LogP contribution in [0, 0.1) is 0 Å². The van der Waals surface area contributed by atoms with Gasteiger partial charge in [-0.05, 0) is 43.7 Å². The molecule has 0 aliphatic heterocycles. The number of fused-ring (bicyclic) bond motifs is 2. The average molecular weight is 422 g/mol. The zero-order chi connectivity index (χ0) is 20.7. The zero-order valence-corrected chi connectivity index (χ0v) is 17.1. The molecule has 8 nitrogen and oxygen atoms in total. The molecular formula is C21H20ClN7O. The van der Waals surface area contributed by atoms with E-state index in [0.717, 1.165) is 24.6 Å². The van der Waals surface area contributed by atoms with E-state index in [-0.39, 0.29) is 18.0 Å². The highest BCUT2D eigenvalue weighted by Crippen LogP contribution is 2.30. The Labute approximate surface area is 177 Å². The number of hydrogen-bond donors (Lipinski definition) is 3. The topological polar surface area (TPSA) is 108 Å². The second-order valence-electron chi connectivity index (χ2n) is 7.52. The molecule has 0 unspecified atom stereocenters. The van der Waals surface area contributed by atoms with Crippen molar-refractivity contribution in [3.05, 3.63) is 53.3 Å². The number of anilines is 1. The number of nitrogens with zero attached hydrogens (tertiary/aromatic N) is 4. The van der Waals surface area contributed by atoms with E-state index in [4.69, 9.17) is 16.6 Å². The van der Waals surface area contributed by atoms with Crippen LogP contribution >= 0.6 is 11.6 Å². The predicted octanol–water partition coefficient (Wildman–Crippen LogP) is 4.01. The fourth-order valence-electron chi connectivity index (χ4n) is 3.63. The Bertz CT molecular complexity index is 1250. The van der Waals surface area contributed by atoms with E-state index >= 15 is 0 Å². The Balaban J connectivity index is 1.53. The van der Waals surface area contributed by atoms with Crippen LogP contribution in [0.25, 0.3) is 21.9 Å². The molecular weight excluding hydrogens is 402 g/mol. The van der Waals surface area contributed by atoms with Gasteiger partial charge < -0.3 is 15.6 Å². The SMILES string of the molecule is C[C@H](Nc1ncnc2[nH]cnc12)c1cc2cccc(Cl)c2c(C(=O)NC2CCC2)n1. The first-order chi connectivity index (χ1) is 14.6. The molecule has 9 heteroatoms. The minimum atomic E-state index is -0.224. The van der Waals surface area contributed by atoms with Gasteiger partial charge in [0, 0.05) is 11.4 Å². The number of aromatic amines is 1. The van der Waals surface area contributed by atoms with E-state index in [1.807, 2.05) is 25.1 Å². The molecule has 4 aromatic rings. The molecule has 0 saturated heterocycles. The molecule has 3 aromatic heterocycles. The summed E-state index contributed by atoms with van der Waals surface area (Å²) in [5, 5.41) is 8.46. The number of hydrogen-bond acceptors (Lipinski definition) is 6. The lowest BCUT2D eigenvalue weighted by Crippen LogP contribution is -2.40. The maximum Gasteiger partial charge on any atom is 0.270 e. The van der Waals surface area contributed by atoms with Gasteiger partial charge in [0.15, 0.2) is 11.5 Å². The molecule has 0 spiro atoms. The molecule has 1 amide bonds. The third kappa shape index (κ3) is 3.33. The molecule has 1 aliphatic carbocycles. The zero-order valence-electron chi connectivity index (χ0n) is 16.3. The van der Waals surface area contributed by atoms with Gasteiger partial charge >= 0.3 is 0 Å². The van der Waals surface area contributed by atoms with Crippen molar-refractivity contribution in [2.24, 2.45) is 0 Å². The van der Waals surface area contributed by atoms with E-state index in [9.17, 15) is 4.79 Å². The van der Waals surface area contributed by atoms with Crippen molar-refractivity contribution < 1.29 is 4.79 Å². The van der Waals surface area contributed by atoms with Crippen LogP contribution in [-0.2, 0) is 0 Å². The third-order valence-electron chi connectivity index (χ3n) is 5.50. The number of halogens is 1. The second-order valence-corrected chi connectivity index (χ2v) is 7.93. The van der Waals surface area contributed by atoms with Gasteiger partial charge in [0.05, 0.1) is 23.1 Å². The summed E-state index contributed by atoms with van der Waals surface area (Å²) in [6.45, 7) is 1.97. The summed E-state index contributed by atoms with van der Waals surface area (Å²) in [6, 6.07) is 7.53. The number of H-pyrrole nitrogens is 1. The number of rotatable bonds is 5. The van der Waals surface area contributed by atoms with E-state index < -0.39 is 0 Å². The third-order valence-corrected chi connectivity index (χ3v) is 5.81. The second kappa shape index (κ2) is 7.53. The minimum absolute atomic E-state index is 0.191. The van der Waals surface area contributed by atoms with Crippen LogP contribution in [0.3, 0.4) is 0 Å². The molecule has 1 saturated carbocycles. The van der Waals surface area contributed by atoms with E-state index in [2.05, 4.69) is 30.6 Å². The highest BCUT2D eigenvalue weighted by atomic mass is 35.5. The van der Waals surface area contributed by atoms with Crippen LogP contribution in [0.2, 0.25) is 5.02 Å². The predicted molar refractivity (Wildman–Crippen MR) is 116 cm³/mol. The molecule has 152 valence electrons. The summed E-state index contributed by atoms with van der Waals surface area (Å²) >= 11 is 6.44. The van der Waals surface area contributed by atoms with Gasteiger partial charge in [0.25, 0.3) is 5.91 Å². The van der Waals surface area contributed by atoms with Crippen molar-refractivity contribution in [3.63, 3.8) is 0 Å². The molecule has 1 fully saturated rings. The molecule has 1 aromatic carbocycles. The van der Waals surface area contributed by atoms with Gasteiger partial charge in [-0.2, -0.15) is 0 Å². The molecule has 1 atom stereocenters. The van der Waals surface area contributed by atoms with Crippen LogP contribution in [0.1, 0.15) is 48.4 Å². The minimum Gasteiger partial charge on any atom is -0.360 e. The maximum atomic E-state index is 13.0. The summed E-state index contributed by atoms with van der Waals surface area (Å²) < 4.78 is 0. The highest BCUT2D eigenvalue weighted by molar-refractivity contribution is 6.36. The summed E-state index contributed by atoms with van der Waals surface area (Å²) in [7, 11) is 0. The fourth-order valence-corrected chi connectivity index (χ4v) is 3.90. The lowest BCUT2D eigenvalue weighted by molar-refractivity contribution is 0.0913. The molecule has 3 heterocycles. The number of carbonyl (C=O) groups is 1. The van der Waals surface area contributed by atoms with Crippen LogP contribution in [-0.4, -0.2) is 36.9 Å². The van der Waals surface area contributed by atoms with Crippen LogP contribution in [0.5, 0.6) is 0 Å². The Morgan fingerprint density at radius 3 is 2.93 bits per heavy atom. The summed E-state index contributed by atoms with van der Waals surface area (Å²) in [5.74, 6) is 0.408. The molecule has 1 aliphatic rings. The van der Waals surface area contributed by atoms with Crippen LogP contribution in [0.15, 0.2) is 36.9 Å². The number of benzene rings is 1. The number of pyridine rings is 1. The van der Waals surface area contributed by atoms with Gasteiger partial charge in [-0.1, -0.05) is 23.7 Å². The van der Waals surface area contributed by atoms with Gasteiger partial charge in [-0.15, -0.1) is 0 Å². The number of amides is 1. The van der Waals surface area contributed by atoms with Crippen molar-refractivity contribution >= 4 is 45.3 Å². The lowest BCUT2D eigenvalue weighted by atomic mass is 9.93. The van der Waals surface area contributed by atoms with E-state index in [0.29, 0.717) is 38.8 Å². The monoisotopic (exact) mass is 421 g/mol. The molecule has 5 rings (SSSR count). The number of nitrogens with one attached hydrogen (secondary N) is 3. The Morgan fingerprint density at radius 2 is 2.13 bits per heavy atom. The van der Waals surface area contributed by atoms with Crippen molar-refractivity contribution in [3.8, 4) is 0 Å². The van der Waals surface area contributed by atoms with Gasteiger partial charge in [0.1, 0.15) is 17.5 Å². The number of imidazole rings is 1. The van der Waals surface area contributed by atoms with Crippen molar-refractivity contribution in [1.29, 1.82) is 0 Å². The van der Waals surface area contributed by atoms with Crippen LogP contribution < -0.4 is 10.6 Å². The molecule has 0 bridgehead atoms. The number of carbonyl (C=O) groups excluding carboxylic acids is 1. The molecule has 30 heavy (non-hydrogen) atoms. The maximum absolute atomic E-state index is 13.0. The average Bonchev–Trinajstić information content (AvgIpc) is 3.20. The van der Waals surface area contributed by atoms with Crippen molar-refractivity contribution in [2.75, 3.05) is 5.32 Å². The number of aromatic nitrogens is 5. The van der Waals surface area contributed by atoms with Crippen LogP contribution in [0.4, 0.5) is 5.82 Å². The standard InChI is InChI=1S/C21H20ClN7O/c1-11(27-20-18-19(24-9-23-18)25-10-26-20)15-8-12-4-2-7-14(22)16(12)17(29-15)21(30)28-13-5-3-6-13/h2,4,7-11,13H,3,5-6H2,1H3,(H,28,30)(H2,23,24,25,26,27)/t11-/m0/s1. The first kappa shape index (κ1) is 18.7. The lowest BCUT2D eigenvalue weighted by Gasteiger charge is -2.26. The molecule has 3 N–H and O–H groups in total. The highest BCUT2D eigenvalue weighted by Gasteiger charge is 2.24. The van der Waals surface area contributed by atoms with E-state index in [1.165, 1.54) is 6.33 Å². The van der Waals surface area contributed by atoms with Crippen molar-refractivity contribution in [1.82, 2.24) is 30.2 Å². The Morgan fingerprint density at radius 1 is 1.27 bits per heavy atom. The normalized spacial score (nSPS) is 15.1. The summed E-state index contributed by atoms with van der Waals surface area (Å²) in [4.78, 5) is 33.4.